The molecule has 2 N–H and O–H groups in total. The first kappa shape index (κ1) is 13.2. The summed E-state index contributed by atoms with van der Waals surface area (Å²) in [6.45, 7) is 4.23. The van der Waals surface area contributed by atoms with Crippen LogP contribution in [0.15, 0.2) is 12.1 Å². The van der Waals surface area contributed by atoms with Gasteiger partial charge in [-0.05, 0) is 43.1 Å². The van der Waals surface area contributed by atoms with Crippen molar-refractivity contribution >= 4 is 0 Å². The van der Waals surface area contributed by atoms with Gasteiger partial charge in [-0.1, -0.05) is 0 Å². The molecule has 0 spiro atoms. The lowest BCUT2D eigenvalue weighted by molar-refractivity contribution is -0.0634. The number of nitrogens with two attached hydrogens (primary N) is 1. The molecule has 0 bridgehead atoms. The van der Waals surface area contributed by atoms with E-state index in [-0.39, 0.29) is 5.41 Å². The number of ether oxygens (including phenoxy) is 3. The van der Waals surface area contributed by atoms with Gasteiger partial charge in [0.25, 0.3) is 0 Å². The Bertz CT molecular complexity index is 427. The standard InChI is InChI=1S/C14H21NO3/c1-10-6-12(16-2)13(17-3)7-11(10)14(4-5-15)8-18-9-14/h6-7H,4-5,8-9,15H2,1-3H3. The van der Waals surface area contributed by atoms with Crippen molar-refractivity contribution in [3.05, 3.63) is 23.3 Å². The molecule has 4 nitrogen and oxygen atoms in total. The third-order valence-corrected chi connectivity index (χ3v) is 3.68. The van der Waals surface area contributed by atoms with E-state index in [1.54, 1.807) is 14.2 Å². The second kappa shape index (κ2) is 5.16. The molecule has 0 radical (unpaired) electrons. The zero-order chi connectivity index (χ0) is 13.2. The molecule has 0 amide bonds. The molecule has 0 saturated carbocycles. The quantitative estimate of drug-likeness (QED) is 0.864. The van der Waals surface area contributed by atoms with Crippen molar-refractivity contribution in [3.63, 3.8) is 0 Å². The third-order valence-electron chi connectivity index (χ3n) is 3.68. The fraction of sp³-hybridized carbons (Fsp3) is 0.571. The molecular weight excluding hydrogens is 230 g/mol. The first-order chi connectivity index (χ1) is 8.66. The van der Waals surface area contributed by atoms with Crippen LogP contribution in [0.2, 0.25) is 0 Å². The molecule has 0 atom stereocenters. The summed E-state index contributed by atoms with van der Waals surface area (Å²) in [5.41, 5.74) is 8.24. The maximum absolute atomic E-state index is 5.73. The van der Waals surface area contributed by atoms with Gasteiger partial charge in [0.15, 0.2) is 11.5 Å². The molecule has 0 aromatic heterocycles. The van der Waals surface area contributed by atoms with E-state index in [0.717, 1.165) is 31.1 Å². The molecule has 4 heteroatoms. The van der Waals surface area contributed by atoms with Gasteiger partial charge in [-0.15, -0.1) is 0 Å². The third kappa shape index (κ3) is 2.06. The maximum atomic E-state index is 5.73. The zero-order valence-corrected chi connectivity index (χ0v) is 11.3. The molecule has 1 aromatic rings. The molecule has 1 saturated heterocycles. The van der Waals surface area contributed by atoms with E-state index in [1.807, 2.05) is 6.07 Å². The summed E-state index contributed by atoms with van der Waals surface area (Å²) in [5.74, 6) is 1.53. The van der Waals surface area contributed by atoms with E-state index >= 15 is 0 Å². The molecule has 1 aliphatic heterocycles. The van der Waals surface area contributed by atoms with Crippen LogP contribution in [-0.4, -0.2) is 34.0 Å². The number of benzene rings is 1. The second-order valence-corrected chi connectivity index (χ2v) is 4.83. The predicted molar refractivity (Wildman–Crippen MR) is 70.5 cm³/mol. The summed E-state index contributed by atoms with van der Waals surface area (Å²) in [5, 5.41) is 0. The summed E-state index contributed by atoms with van der Waals surface area (Å²) >= 11 is 0. The highest BCUT2D eigenvalue weighted by Crippen LogP contribution is 2.41. The Morgan fingerprint density at radius 1 is 1.22 bits per heavy atom. The number of hydrogen-bond acceptors (Lipinski definition) is 4. The van der Waals surface area contributed by atoms with Gasteiger partial charge < -0.3 is 19.9 Å². The highest BCUT2D eigenvalue weighted by Gasteiger charge is 2.41. The molecule has 2 rings (SSSR count). The molecule has 100 valence electrons. The SMILES string of the molecule is COc1cc(C)c(C2(CCN)COC2)cc1OC. The van der Waals surface area contributed by atoms with Crippen molar-refractivity contribution in [3.8, 4) is 11.5 Å². The first-order valence-electron chi connectivity index (χ1n) is 6.18. The summed E-state index contributed by atoms with van der Waals surface area (Å²) in [6.07, 6.45) is 0.934. The van der Waals surface area contributed by atoms with Crippen molar-refractivity contribution in [1.82, 2.24) is 0 Å². The topological polar surface area (TPSA) is 53.7 Å². The van der Waals surface area contributed by atoms with Crippen LogP contribution in [0.25, 0.3) is 0 Å². The van der Waals surface area contributed by atoms with E-state index < -0.39 is 0 Å². The van der Waals surface area contributed by atoms with Crippen LogP contribution in [0.1, 0.15) is 17.5 Å². The van der Waals surface area contributed by atoms with Crippen molar-refractivity contribution in [2.75, 3.05) is 34.0 Å². The number of rotatable bonds is 5. The van der Waals surface area contributed by atoms with E-state index in [4.69, 9.17) is 19.9 Å². The number of methoxy groups -OCH3 is 2. The molecule has 0 aliphatic carbocycles. The van der Waals surface area contributed by atoms with Crippen LogP contribution in [0.4, 0.5) is 0 Å². The Balaban J connectivity index is 2.43. The van der Waals surface area contributed by atoms with Gasteiger partial charge in [-0.3, -0.25) is 0 Å². The number of hydrogen-bond donors (Lipinski definition) is 1. The Labute approximate surface area is 108 Å². The maximum Gasteiger partial charge on any atom is 0.161 e. The van der Waals surface area contributed by atoms with Crippen LogP contribution in [-0.2, 0) is 10.2 Å². The second-order valence-electron chi connectivity index (χ2n) is 4.83. The van der Waals surface area contributed by atoms with Gasteiger partial charge in [0.2, 0.25) is 0 Å². The van der Waals surface area contributed by atoms with Crippen molar-refractivity contribution in [2.45, 2.75) is 18.8 Å². The van der Waals surface area contributed by atoms with E-state index in [1.165, 1.54) is 11.1 Å². The van der Waals surface area contributed by atoms with Crippen LogP contribution >= 0.6 is 0 Å². The normalized spacial score (nSPS) is 17.1. The molecular formula is C14H21NO3. The van der Waals surface area contributed by atoms with Crippen molar-refractivity contribution < 1.29 is 14.2 Å². The lowest BCUT2D eigenvalue weighted by Gasteiger charge is -2.43. The minimum atomic E-state index is 0.0540. The first-order valence-corrected chi connectivity index (χ1v) is 6.18. The summed E-state index contributed by atoms with van der Waals surface area (Å²) < 4.78 is 16.1. The largest absolute Gasteiger partial charge is 0.493 e. The van der Waals surface area contributed by atoms with E-state index in [0.29, 0.717) is 6.54 Å². The average molecular weight is 251 g/mol. The van der Waals surface area contributed by atoms with Gasteiger partial charge >= 0.3 is 0 Å². The minimum Gasteiger partial charge on any atom is -0.493 e. The fourth-order valence-electron chi connectivity index (χ4n) is 2.61. The molecule has 18 heavy (non-hydrogen) atoms. The van der Waals surface area contributed by atoms with Crippen LogP contribution in [0.5, 0.6) is 11.5 Å². The van der Waals surface area contributed by atoms with Crippen LogP contribution in [0.3, 0.4) is 0 Å². The van der Waals surface area contributed by atoms with Gasteiger partial charge in [0, 0.05) is 5.41 Å². The molecule has 1 fully saturated rings. The Morgan fingerprint density at radius 2 is 1.83 bits per heavy atom. The smallest absolute Gasteiger partial charge is 0.161 e. The highest BCUT2D eigenvalue weighted by molar-refractivity contribution is 5.50. The molecule has 1 aromatic carbocycles. The lowest BCUT2D eigenvalue weighted by atomic mass is 9.74. The average Bonchev–Trinajstić information content (AvgIpc) is 2.34. The summed E-state index contributed by atoms with van der Waals surface area (Å²) in [6, 6.07) is 4.08. The monoisotopic (exact) mass is 251 g/mol. The van der Waals surface area contributed by atoms with Gasteiger partial charge in [-0.2, -0.15) is 0 Å². The van der Waals surface area contributed by atoms with E-state index in [9.17, 15) is 0 Å². The van der Waals surface area contributed by atoms with Crippen molar-refractivity contribution in [2.24, 2.45) is 5.73 Å². The van der Waals surface area contributed by atoms with Gasteiger partial charge in [0.05, 0.1) is 27.4 Å². The fourth-order valence-corrected chi connectivity index (χ4v) is 2.61. The van der Waals surface area contributed by atoms with Gasteiger partial charge in [0.1, 0.15) is 0 Å². The minimum absolute atomic E-state index is 0.0540. The zero-order valence-electron chi connectivity index (χ0n) is 11.3. The van der Waals surface area contributed by atoms with Gasteiger partial charge in [-0.25, -0.2) is 0 Å². The van der Waals surface area contributed by atoms with E-state index in [2.05, 4.69) is 13.0 Å². The van der Waals surface area contributed by atoms with Crippen molar-refractivity contribution in [1.29, 1.82) is 0 Å². The Kier molecular flexibility index (Phi) is 3.78. The molecule has 1 aliphatic rings. The highest BCUT2D eigenvalue weighted by atomic mass is 16.5. The Hall–Kier alpha value is -1.26. The predicted octanol–water partition coefficient (Wildman–Crippen LogP) is 1.63. The Morgan fingerprint density at radius 3 is 2.28 bits per heavy atom. The summed E-state index contributed by atoms with van der Waals surface area (Å²) in [4.78, 5) is 0. The van der Waals surface area contributed by atoms with Crippen LogP contribution in [0, 0.1) is 6.92 Å². The molecule has 1 heterocycles. The van der Waals surface area contributed by atoms with Crippen LogP contribution < -0.4 is 15.2 Å². The molecule has 0 unspecified atom stereocenters. The number of aryl methyl sites for hydroxylation is 1. The summed E-state index contributed by atoms with van der Waals surface area (Å²) in [7, 11) is 3.31. The lowest BCUT2D eigenvalue weighted by Crippen LogP contribution is -2.48.